The second kappa shape index (κ2) is 9.00. The topological polar surface area (TPSA) is 59.3 Å². The second-order valence-electron chi connectivity index (χ2n) is 7.71. The first-order valence-electron chi connectivity index (χ1n) is 10.6. The highest BCUT2D eigenvalue weighted by atomic mass is 16.4. The molecule has 1 N–H and O–H groups in total. The lowest BCUT2D eigenvalue weighted by molar-refractivity contribution is 0.0697. The predicted molar refractivity (Wildman–Crippen MR) is 125 cm³/mol. The number of rotatable bonds is 7. The van der Waals surface area contributed by atoms with Crippen LogP contribution >= 0.6 is 0 Å². The van der Waals surface area contributed by atoms with Crippen molar-refractivity contribution in [1.82, 2.24) is 4.57 Å². The highest BCUT2D eigenvalue weighted by Gasteiger charge is 2.15. The van der Waals surface area contributed by atoms with Crippen LogP contribution in [0.1, 0.15) is 41.4 Å². The van der Waals surface area contributed by atoms with Crippen molar-refractivity contribution in [3.05, 3.63) is 106 Å². The van der Waals surface area contributed by atoms with Crippen molar-refractivity contribution in [1.29, 1.82) is 0 Å². The Labute approximate surface area is 181 Å². The lowest BCUT2D eigenvalue weighted by Crippen LogP contribution is -2.23. The average molecular weight is 412 g/mol. The Morgan fingerprint density at radius 1 is 0.839 bits per heavy atom. The third-order valence-corrected chi connectivity index (χ3v) is 5.72. The van der Waals surface area contributed by atoms with Crippen molar-refractivity contribution >= 4 is 16.7 Å². The van der Waals surface area contributed by atoms with Crippen LogP contribution in [0, 0.1) is 0 Å². The molecule has 0 amide bonds. The molecule has 156 valence electrons. The summed E-state index contributed by atoms with van der Waals surface area (Å²) in [4.78, 5) is 24.4. The summed E-state index contributed by atoms with van der Waals surface area (Å²) < 4.78 is 1.85. The number of hydrogen-bond donors (Lipinski definition) is 1. The minimum Gasteiger partial charge on any atom is -0.478 e. The van der Waals surface area contributed by atoms with Gasteiger partial charge in [-0.25, -0.2) is 4.79 Å². The maximum atomic E-state index is 12.6. The van der Waals surface area contributed by atoms with E-state index >= 15 is 0 Å². The number of fused-ring (bicyclic) bond motifs is 1. The van der Waals surface area contributed by atoms with E-state index in [1.54, 1.807) is 18.2 Å². The molecule has 0 unspecified atom stereocenters. The van der Waals surface area contributed by atoms with E-state index in [4.69, 9.17) is 0 Å². The van der Waals surface area contributed by atoms with Crippen LogP contribution in [0.25, 0.3) is 21.9 Å². The molecular weight excluding hydrogens is 386 g/mol. The molecule has 0 radical (unpaired) electrons. The molecule has 0 aliphatic heterocycles. The van der Waals surface area contributed by atoms with E-state index in [9.17, 15) is 14.7 Å². The molecule has 0 aliphatic carbocycles. The van der Waals surface area contributed by atoms with Gasteiger partial charge in [0.15, 0.2) is 0 Å². The molecule has 1 aromatic heterocycles. The van der Waals surface area contributed by atoms with Crippen LogP contribution in [-0.2, 0) is 13.0 Å². The van der Waals surface area contributed by atoms with Gasteiger partial charge < -0.3 is 9.67 Å². The molecule has 4 rings (SSSR count). The third-order valence-electron chi connectivity index (χ3n) is 5.72. The quantitative estimate of drug-likeness (QED) is 0.421. The van der Waals surface area contributed by atoms with Crippen molar-refractivity contribution in [2.24, 2.45) is 0 Å². The first kappa shape index (κ1) is 20.6. The molecule has 31 heavy (non-hydrogen) atoms. The zero-order valence-electron chi connectivity index (χ0n) is 17.5. The zero-order valence-corrected chi connectivity index (χ0v) is 17.5. The van der Waals surface area contributed by atoms with Gasteiger partial charge in [0.2, 0.25) is 0 Å². The van der Waals surface area contributed by atoms with E-state index in [2.05, 4.69) is 6.92 Å². The van der Waals surface area contributed by atoms with Gasteiger partial charge in [-0.05, 0) is 52.4 Å². The number of nitrogens with zero attached hydrogens (tertiary/aromatic N) is 1. The summed E-state index contributed by atoms with van der Waals surface area (Å²) in [5, 5.41) is 11.6. The standard InChI is InChI=1S/C27H25NO3/c1-2-3-9-20-10-8-15-26(29)28(20)18-19-16-17-24(22-12-5-4-11-21(19)22)23-13-6-7-14-25(23)27(30)31/h4-8,10-17H,2-3,9,18H2,1H3,(H,30,31). The predicted octanol–water partition coefficient (Wildman–Crippen LogP) is 5.76. The van der Waals surface area contributed by atoms with Gasteiger partial charge in [-0.3, -0.25) is 4.79 Å². The van der Waals surface area contributed by atoms with Gasteiger partial charge >= 0.3 is 5.97 Å². The van der Waals surface area contributed by atoms with Gasteiger partial charge in [0.1, 0.15) is 0 Å². The summed E-state index contributed by atoms with van der Waals surface area (Å²) >= 11 is 0. The average Bonchev–Trinajstić information content (AvgIpc) is 2.79. The van der Waals surface area contributed by atoms with E-state index in [1.165, 1.54) is 0 Å². The van der Waals surface area contributed by atoms with Crippen LogP contribution in [0.5, 0.6) is 0 Å². The Morgan fingerprint density at radius 3 is 2.35 bits per heavy atom. The van der Waals surface area contributed by atoms with E-state index in [1.807, 2.05) is 65.2 Å². The first-order valence-corrected chi connectivity index (χ1v) is 10.6. The highest BCUT2D eigenvalue weighted by molar-refractivity contribution is 6.04. The number of unbranched alkanes of at least 4 members (excludes halogenated alkanes) is 1. The number of hydrogen-bond acceptors (Lipinski definition) is 2. The summed E-state index contributed by atoms with van der Waals surface area (Å²) in [6, 6.07) is 24.5. The summed E-state index contributed by atoms with van der Waals surface area (Å²) in [7, 11) is 0. The normalized spacial score (nSPS) is 11.0. The van der Waals surface area contributed by atoms with Crippen molar-refractivity contribution in [2.75, 3.05) is 0 Å². The molecular formula is C27H25NO3. The number of carboxylic acids is 1. The van der Waals surface area contributed by atoms with E-state index in [0.29, 0.717) is 12.1 Å². The molecule has 4 nitrogen and oxygen atoms in total. The summed E-state index contributed by atoms with van der Waals surface area (Å²) in [5.41, 5.74) is 3.93. The number of aromatic carboxylic acids is 1. The lowest BCUT2D eigenvalue weighted by atomic mass is 9.92. The molecule has 0 bridgehead atoms. The van der Waals surface area contributed by atoms with Crippen LogP contribution in [0.15, 0.2) is 83.7 Å². The Hall–Kier alpha value is -3.66. The van der Waals surface area contributed by atoms with Gasteiger partial charge in [-0.2, -0.15) is 0 Å². The number of carboxylic acid groups (broad SMARTS) is 1. The summed E-state index contributed by atoms with van der Waals surface area (Å²) in [6.45, 7) is 2.63. The monoisotopic (exact) mass is 411 g/mol. The van der Waals surface area contributed by atoms with Gasteiger partial charge in [0.25, 0.3) is 5.56 Å². The molecule has 0 spiro atoms. The van der Waals surface area contributed by atoms with Gasteiger partial charge in [-0.15, -0.1) is 0 Å². The van der Waals surface area contributed by atoms with Crippen molar-refractivity contribution < 1.29 is 9.90 Å². The fraction of sp³-hybridized carbons (Fsp3) is 0.185. The van der Waals surface area contributed by atoms with E-state index in [-0.39, 0.29) is 11.1 Å². The summed E-state index contributed by atoms with van der Waals surface area (Å²) in [6.07, 6.45) is 2.98. The Kier molecular flexibility index (Phi) is 5.99. The van der Waals surface area contributed by atoms with Crippen molar-refractivity contribution in [3.8, 4) is 11.1 Å². The largest absolute Gasteiger partial charge is 0.478 e. The van der Waals surface area contributed by atoms with Crippen LogP contribution < -0.4 is 5.56 Å². The van der Waals surface area contributed by atoms with Crippen LogP contribution in [0.4, 0.5) is 0 Å². The molecule has 3 aromatic carbocycles. The molecule has 0 saturated heterocycles. The molecule has 0 saturated carbocycles. The number of aromatic nitrogens is 1. The number of aryl methyl sites for hydroxylation is 1. The molecule has 0 aliphatic rings. The van der Waals surface area contributed by atoms with Crippen molar-refractivity contribution in [3.63, 3.8) is 0 Å². The second-order valence-corrected chi connectivity index (χ2v) is 7.71. The van der Waals surface area contributed by atoms with Crippen LogP contribution in [-0.4, -0.2) is 15.6 Å². The Morgan fingerprint density at radius 2 is 1.58 bits per heavy atom. The Balaban J connectivity index is 1.85. The fourth-order valence-corrected chi connectivity index (χ4v) is 4.13. The molecule has 0 atom stereocenters. The van der Waals surface area contributed by atoms with Gasteiger partial charge in [0, 0.05) is 11.8 Å². The first-order chi connectivity index (χ1) is 15.1. The number of benzene rings is 3. The maximum absolute atomic E-state index is 12.6. The SMILES string of the molecule is CCCCc1cccc(=O)n1Cc1ccc(-c2ccccc2C(=O)O)c2ccccc12. The minimum absolute atomic E-state index is 0.00187. The lowest BCUT2D eigenvalue weighted by Gasteiger charge is -2.16. The Bertz CT molecular complexity index is 1300. The third kappa shape index (κ3) is 4.15. The van der Waals surface area contributed by atoms with Crippen LogP contribution in [0.2, 0.25) is 0 Å². The smallest absolute Gasteiger partial charge is 0.336 e. The fourth-order valence-electron chi connectivity index (χ4n) is 4.13. The summed E-state index contributed by atoms with van der Waals surface area (Å²) in [5.74, 6) is -0.944. The highest BCUT2D eigenvalue weighted by Crippen LogP contribution is 2.33. The minimum atomic E-state index is -0.944. The molecule has 1 heterocycles. The van der Waals surface area contributed by atoms with E-state index in [0.717, 1.165) is 46.9 Å². The molecule has 4 heteroatoms. The molecule has 4 aromatic rings. The number of pyridine rings is 1. The van der Waals surface area contributed by atoms with Gasteiger partial charge in [-0.1, -0.05) is 74.0 Å². The van der Waals surface area contributed by atoms with Crippen molar-refractivity contribution in [2.45, 2.75) is 32.7 Å². The van der Waals surface area contributed by atoms with Gasteiger partial charge in [0.05, 0.1) is 12.1 Å². The van der Waals surface area contributed by atoms with Crippen LogP contribution in [0.3, 0.4) is 0 Å². The molecule has 0 fully saturated rings. The zero-order chi connectivity index (χ0) is 21.8. The van der Waals surface area contributed by atoms with E-state index < -0.39 is 5.97 Å². The maximum Gasteiger partial charge on any atom is 0.336 e. The number of carbonyl (C=O) groups is 1.